The van der Waals surface area contributed by atoms with Gasteiger partial charge in [-0.15, -0.1) is 0 Å². The van der Waals surface area contributed by atoms with Crippen molar-refractivity contribution in [1.82, 2.24) is 25.0 Å². The molecule has 164 valence electrons. The molecule has 1 spiro atoms. The van der Waals surface area contributed by atoms with Crippen molar-refractivity contribution in [3.05, 3.63) is 46.5 Å². The number of aryl methyl sites for hydroxylation is 2. The van der Waals surface area contributed by atoms with Gasteiger partial charge in [-0.2, -0.15) is 5.10 Å². The maximum atomic E-state index is 12.9. The first kappa shape index (κ1) is 20.2. The number of ether oxygens (including phenoxy) is 1. The van der Waals surface area contributed by atoms with E-state index in [9.17, 15) is 9.59 Å². The van der Waals surface area contributed by atoms with Crippen LogP contribution in [0.3, 0.4) is 0 Å². The Morgan fingerprint density at radius 1 is 1.26 bits per heavy atom. The normalized spacial score (nSPS) is 19.9. The molecule has 1 saturated carbocycles. The van der Waals surface area contributed by atoms with Gasteiger partial charge in [0, 0.05) is 50.6 Å². The smallest absolute Gasteiger partial charge is 0.272 e. The molecule has 3 aliphatic rings. The predicted octanol–water partition coefficient (Wildman–Crippen LogP) is 2.01. The molecule has 0 unspecified atom stereocenters. The Labute approximate surface area is 182 Å². The standard InChI is InChI=1S/C23H29N5O3/c1-15-4-3-9-24-19(15)22(30)28-10-7-23(8-11-28)12-18-17(14-31-23)20(26-27(18)2)21(29)25-13-16-5-6-16/h3-4,9,16H,5-8,10-14H2,1-2H3,(H,25,29). The second-order valence-corrected chi connectivity index (χ2v) is 9.16. The minimum atomic E-state index is -0.307. The number of rotatable bonds is 4. The van der Waals surface area contributed by atoms with Gasteiger partial charge in [0.2, 0.25) is 0 Å². The van der Waals surface area contributed by atoms with Gasteiger partial charge in [0.05, 0.1) is 12.2 Å². The lowest BCUT2D eigenvalue weighted by molar-refractivity contribution is -0.0990. The van der Waals surface area contributed by atoms with Gasteiger partial charge in [0.1, 0.15) is 5.69 Å². The molecule has 2 aromatic heterocycles. The fourth-order valence-electron chi connectivity index (χ4n) is 4.68. The minimum absolute atomic E-state index is 0.0143. The Morgan fingerprint density at radius 3 is 2.74 bits per heavy atom. The molecule has 8 heteroatoms. The summed E-state index contributed by atoms with van der Waals surface area (Å²) < 4.78 is 8.18. The van der Waals surface area contributed by atoms with Gasteiger partial charge >= 0.3 is 0 Å². The molecule has 8 nitrogen and oxygen atoms in total. The molecule has 31 heavy (non-hydrogen) atoms. The average Bonchev–Trinajstić information content (AvgIpc) is 3.55. The van der Waals surface area contributed by atoms with E-state index >= 15 is 0 Å². The SMILES string of the molecule is Cc1cccnc1C(=O)N1CCC2(CC1)Cc1c(c(C(=O)NCC3CC3)nn1C)CO2. The lowest BCUT2D eigenvalue weighted by atomic mass is 9.83. The second kappa shape index (κ2) is 7.75. The van der Waals surface area contributed by atoms with Crippen molar-refractivity contribution in [3.8, 4) is 0 Å². The summed E-state index contributed by atoms with van der Waals surface area (Å²) in [6, 6.07) is 3.76. The number of pyridine rings is 1. The minimum Gasteiger partial charge on any atom is -0.370 e. The van der Waals surface area contributed by atoms with Crippen LogP contribution in [0.1, 0.15) is 63.5 Å². The summed E-state index contributed by atoms with van der Waals surface area (Å²) in [7, 11) is 1.90. The third-order valence-electron chi connectivity index (χ3n) is 6.92. The maximum absolute atomic E-state index is 12.9. The number of fused-ring (bicyclic) bond motifs is 1. The molecule has 1 aliphatic carbocycles. The van der Waals surface area contributed by atoms with Crippen LogP contribution >= 0.6 is 0 Å². The van der Waals surface area contributed by atoms with Gasteiger partial charge in [-0.05, 0) is 50.2 Å². The molecule has 2 fully saturated rings. The van der Waals surface area contributed by atoms with E-state index in [1.807, 2.05) is 35.7 Å². The van der Waals surface area contributed by atoms with Gasteiger partial charge in [-0.1, -0.05) is 6.07 Å². The van der Waals surface area contributed by atoms with E-state index in [1.165, 1.54) is 12.8 Å². The molecule has 4 heterocycles. The first-order valence-electron chi connectivity index (χ1n) is 11.1. The fourth-order valence-corrected chi connectivity index (χ4v) is 4.68. The van der Waals surface area contributed by atoms with Gasteiger partial charge in [-0.3, -0.25) is 19.3 Å². The number of piperidine rings is 1. The number of nitrogens with zero attached hydrogens (tertiary/aromatic N) is 4. The van der Waals surface area contributed by atoms with Crippen LogP contribution in [0, 0.1) is 12.8 Å². The van der Waals surface area contributed by atoms with Gasteiger partial charge in [0.25, 0.3) is 11.8 Å². The zero-order chi connectivity index (χ0) is 21.6. The number of carbonyl (C=O) groups excluding carboxylic acids is 2. The molecule has 1 saturated heterocycles. The maximum Gasteiger partial charge on any atom is 0.272 e. The lowest BCUT2D eigenvalue weighted by Crippen LogP contribution is -2.51. The first-order chi connectivity index (χ1) is 15.0. The Morgan fingerprint density at radius 2 is 2.03 bits per heavy atom. The highest BCUT2D eigenvalue weighted by molar-refractivity contribution is 5.94. The quantitative estimate of drug-likeness (QED) is 0.813. The van der Waals surface area contributed by atoms with E-state index in [1.54, 1.807) is 6.20 Å². The van der Waals surface area contributed by atoms with Gasteiger partial charge in [0.15, 0.2) is 5.69 Å². The zero-order valence-corrected chi connectivity index (χ0v) is 18.2. The zero-order valence-electron chi connectivity index (χ0n) is 18.2. The molecular weight excluding hydrogens is 394 g/mol. The molecule has 2 aliphatic heterocycles. The van der Waals surface area contributed by atoms with Crippen molar-refractivity contribution in [2.75, 3.05) is 19.6 Å². The number of hydrogen-bond acceptors (Lipinski definition) is 5. The third-order valence-corrected chi connectivity index (χ3v) is 6.92. The van der Waals surface area contributed by atoms with Crippen molar-refractivity contribution in [1.29, 1.82) is 0 Å². The van der Waals surface area contributed by atoms with Crippen LogP contribution in [0.5, 0.6) is 0 Å². The fraction of sp³-hybridized carbons (Fsp3) is 0.565. The summed E-state index contributed by atoms with van der Waals surface area (Å²) in [5.74, 6) is 0.514. The molecule has 0 aromatic carbocycles. The molecule has 0 bridgehead atoms. The summed E-state index contributed by atoms with van der Waals surface area (Å²) in [5.41, 5.74) is 3.59. The van der Waals surface area contributed by atoms with Crippen molar-refractivity contribution < 1.29 is 14.3 Å². The van der Waals surface area contributed by atoms with Crippen LogP contribution in [-0.2, 0) is 24.8 Å². The number of carbonyl (C=O) groups is 2. The molecule has 5 rings (SSSR count). The number of amides is 2. The van der Waals surface area contributed by atoms with E-state index in [4.69, 9.17) is 4.74 Å². The second-order valence-electron chi connectivity index (χ2n) is 9.16. The van der Waals surface area contributed by atoms with Crippen molar-refractivity contribution >= 4 is 11.8 Å². The third kappa shape index (κ3) is 3.84. The Hall–Kier alpha value is -2.74. The monoisotopic (exact) mass is 423 g/mol. The van der Waals surface area contributed by atoms with Crippen LogP contribution < -0.4 is 5.32 Å². The summed E-state index contributed by atoms with van der Waals surface area (Å²) in [5, 5.41) is 7.53. The largest absolute Gasteiger partial charge is 0.370 e. The van der Waals surface area contributed by atoms with Crippen LogP contribution in [0.4, 0.5) is 0 Å². The van der Waals surface area contributed by atoms with Crippen LogP contribution in [0.2, 0.25) is 0 Å². The van der Waals surface area contributed by atoms with Gasteiger partial charge in [-0.25, -0.2) is 0 Å². The van der Waals surface area contributed by atoms with Crippen molar-refractivity contribution in [2.24, 2.45) is 13.0 Å². The van der Waals surface area contributed by atoms with E-state index < -0.39 is 0 Å². The van der Waals surface area contributed by atoms with Gasteiger partial charge < -0.3 is 15.0 Å². The average molecular weight is 424 g/mol. The Balaban J connectivity index is 1.26. The topological polar surface area (TPSA) is 89.4 Å². The molecule has 2 amide bonds. The van der Waals surface area contributed by atoms with Crippen LogP contribution in [0.25, 0.3) is 0 Å². The molecule has 2 aromatic rings. The highest BCUT2D eigenvalue weighted by atomic mass is 16.5. The number of aromatic nitrogens is 3. The Kier molecular flexibility index (Phi) is 5.04. The summed E-state index contributed by atoms with van der Waals surface area (Å²) >= 11 is 0. The van der Waals surface area contributed by atoms with E-state index in [0.29, 0.717) is 43.4 Å². The van der Waals surface area contributed by atoms with Crippen LogP contribution in [0.15, 0.2) is 18.3 Å². The first-order valence-corrected chi connectivity index (χ1v) is 11.1. The summed E-state index contributed by atoms with van der Waals surface area (Å²) in [6.45, 7) is 4.31. The number of hydrogen-bond donors (Lipinski definition) is 1. The predicted molar refractivity (Wildman–Crippen MR) is 114 cm³/mol. The highest BCUT2D eigenvalue weighted by Crippen LogP contribution is 2.37. The van der Waals surface area contributed by atoms with Crippen molar-refractivity contribution in [3.63, 3.8) is 0 Å². The molecule has 1 N–H and O–H groups in total. The lowest BCUT2D eigenvalue weighted by Gasteiger charge is -2.43. The number of nitrogens with one attached hydrogen (secondary N) is 1. The Bertz CT molecular complexity index is 1020. The summed E-state index contributed by atoms with van der Waals surface area (Å²) in [4.78, 5) is 31.7. The molecule has 0 radical (unpaired) electrons. The summed E-state index contributed by atoms with van der Waals surface area (Å²) in [6.07, 6.45) is 6.30. The van der Waals surface area contributed by atoms with Crippen molar-refractivity contribution in [2.45, 2.75) is 51.2 Å². The van der Waals surface area contributed by atoms with E-state index in [0.717, 1.165) is 36.2 Å². The molecule has 0 atom stereocenters. The van der Waals surface area contributed by atoms with E-state index in [-0.39, 0.29) is 17.4 Å². The highest BCUT2D eigenvalue weighted by Gasteiger charge is 2.42. The number of likely N-dealkylation sites (tertiary alicyclic amines) is 1. The van der Waals surface area contributed by atoms with E-state index in [2.05, 4.69) is 15.4 Å². The molecular formula is C23H29N5O3. The van der Waals surface area contributed by atoms with Crippen LogP contribution in [-0.4, -0.2) is 56.7 Å².